The average molecular weight is 749 g/mol. The van der Waals surface area contributed by atoms with Crippen molar-refractivity contribution in [3.8, 4) is 5.88 Å². The number of nitrogens with zero attached hydrogens (tertiary/aromatic N) is 5. The van der Waals surface area contributed by atoms with Crippen LogP contribution < -0.4 is 20.1 Å². The molecule has 3 fully saturated rings. The molecule has 0 unspecified atom stereocenters. The normalized spacial score (nSPS) is 27.6. The van der Waals surface area contributed by atoms with Crippen molar-refractivity contribution in [2.75, 3.05) is 6.54 Å². The first-order valence-electron chi connectivity index (χ1n) is 17.8. The lowest BCUT2D eigenvalue weighted by Gasteiger charge is -2.30. The van der Waals surface area contributed by atoms with E-state index in [-0.39, 0.29) is 42.9 Å². The first kappa shape index (κ1) is 36.3. The van der Waals surface area contributed by atoms with E-state index in [0.29, 0.717) is 36.9 Å². The van der Waals surface area contributed by atoms with Crippen molar-refractivity contribution in [2.45, 2.75) is 100 Å². The number of hydrogen-bond acceptors (Lipinski definition) is 11. The average Bonchev–Trinajstić information content (AvgIpc) is 4.01. The van der Waals surface area contributed by atoms with Crippen LogP contribution in [0.2, 0.25) is 0 Å². The van der Waals surface area contributed by atoms with Gasteiger partial charge in [0.1, 0.15) is 40.9 Å². The standard InChI is InChI=1S/C36H41FN8O7S/c1-21-32(42-27-16-23(37)10-11-25(27)40-21)52-24-17-29-31(47)43-36(34(49)44-53(50,51)35(2)12-13-35)18-22(36)8-6-4-3-5-7-9-26(33(48)45(29)20-24)41-30(46)28-19-38-14-15-39-28/h6,8,10-11,14-16,19,22,24,26,29H,3-5,7,9,12-13,17-18,20H2,1-2H3,(H,41,46)(H,43,47)(H,44,49)/b8-6-/t22-,24-,26+,29+,36-/m1/s1. The van der Waals surface area contributed by atoms with E-state index in [9.17, 15) is 32.0 Å². The molecule has 2 aromatic heterocycles. The molecule has 0 bridgehead atoms. The molecule has 15 nitrogen and oxygen atoms in total. The van der Waals surface area contributed by atoms with Crippen LogP contribution in [0.5, 0.6) is 5.88 Å². The Bertz CT molecular complexity index is 2100. The highest BCUT2D eigenvalue weighted by Crippen LogP contribution is 2.47. The van der Waals surface area contributed by atoms with Crippen molar-refractivity contribution in [3.05, 3.63) is 66.1 Å². The summed E-state index contributed by atoms with van der Waals surface area (Å²) in [5, 5.41) is 5.62. The fraction of sp³-hybridized carbons (Fsp3) is 0.500. The lowest BCUT2D eigenvalue weighted by molar-refractivity contribution is -0.141. The third kappa shape index (κ3) is 7.43. The van der Waals surface area contributed by atoms with Crippen molar-refractivity contribution >= 4 is 44.7 Å². The number of carbonyl (C=O) groups is 4. The third-order valence-corrected chi connectivity index (χ3v) is 12.8. The maximum atomic E-state index is 14.5. The monoisotopic (exact) mass is 748 g/mol. The van der Waals surface area contributed by atoms with Crippen molar-refractivity contribution in [1.29, 1.82) is 0 Å². The van der Waals surface area contributed by atoms with Crippen LogP contribution in [0.4, 0.5) is 4.39 Å². The number of allylic oxidation sites excluding steroid dienone is 1. The minimum absolute atomic E-state index is 0.0165. The van der Waals surface area contributed by atoms with Gasteiger partial charge in [-0.05, 0) is 64.5 Å². The van der Waals surface area contributed by atoms with E-state index in [2.05, 4.69) is 35.3 Å². The molecule has 17 heteroatoms. The zero-order valence-corrected chi connectivity index (χ0v) is 30.2. The lowest BCUT2D eigenvalue weighted by atomic mass is 10.0. The molecule has 53 heavy (non-hydrogen) atoms. The number of aromatic nitrogens is 4. The molecule has 2 aliphatic carbocycles. The maximum absolute atomic E-state index is 14.5. The number of hydrogen-bond donors (Lipinski definition) is 3. The molecule has 4 amide bonds. The molecule has 0 radical (unpaired) electrons. The predicted octanol–water partition coefficient (Wildman–Crippen LogP) is 2.41. The summed E-state index contributed by atoms with van der Waals surface area (Å²) in [7, 11) is -4.01. The van der Waals surface area contributed by atoms with Crippen LogP contribution in [0.3, 0.4) is 0 Å². The Morgan fingerprint density at radius 1 is 1.09 bits per heavy atom. The minimum atomic E-state index is -4.01. The largest absolute Gasteiger partial charge is 0.471 e. The van der Waals surface area contributed by atoms with Gasteiger partial charge in [-0.15, -0.1) is 0 Å². The second-order valence-electron chi connectivity index (χ2n) is 14.6. The number of rotatable bonds is 7. The molecule has 2 saturated carbocycles. The van der Waals surface area contributed by atoms with Gasteiger partial charge in [0.05, 0.1) is 28.5 Å². The van der Waals surface area contributed by atoms with Gasteiger partial charge < -0.3 is 20.3 Å². The molecular weight excluding hydrogens is 708 g/mol. The van der Waals surface area contributed by atoms with Crippen LogP contribution in [0.15, 0.2) is 48.9 Å². The molecule has 2 aliphatic heterocycles. The van der Waals surface area contributed by atoms with Crippen LogP contribution in [-0.2, 0) is 24.4 Å². The number of sulfonamides is 1. The smallest absolute Gasteiger partial charge is 0.272 e. The number of nitrogens with one attached hydrogen (secondary N) is 3. The number of ether oxygens (including phenoxy) is 1. The van der Waals surface area contributed by atoms with Gasteiger partial charge in [-0.1, -0.05) is 25.0 Å². The van der Waals surface area contributed by atoms with E-state index in [1.807, 2.05) is 12.2 Å². The number of halogens is 1. The van der Waals surface area contributed by atoms with Crippen LogP contribution in [0, 0.1) is 18.7 Å². The highest BCUT2D eigenvalue weighted by atomic mass is 32.2. The Balaban J connectivity index is 1.20. The van der Waals surface area contributed by atoms with Gasteiger partial charge in [0.25, 0.3) is 11.8 Å². The quantitative estimate of drug-likeness (QED) is 0.300. The summed E-state index contributed by atoms with van der Waals surface area (Å²) >= 11 is 0. The van der Waals surface area contributed by atoms with Crippen LogP contribution in [0.25, 0.3) is 11.0 Å². The van der Waals surface area contributed by atoms with E-state index in [1.54, 1.807) is 13.8 Å². The Morgan fingerprint density at radius 3 is 2.66 bits per heavy atom. The Kier molecular flexibility index (Phi) is 9.63. The summed E-state index contributed by atoms with van der Waals surface area (Å²) in [6.07, 6.45) is 11.0. The van der Waals surface area contributed by atoms with Gasteiger partial charge in [-0.3, -0.25) is 28.9 Å². The Hall–Kier alpha value is -5.06. The number of benzene rings is 1. The third-order valence-electron chi connectivity index (χ3n) is 10.6. The highest BCUT2D eigenvalue weighted by molar-refractivity contribution is 7.91. The molecule has 7 rings (SSSR count). The molecule has 3 N–H and O–H groups in total. The SMILES string of the molecule is Cc1nc2ccc(F)cc2nc1O[C@@H]1C[C@H]2C(=O)N[C@]3(C(=O)NS(=O)(=O)C4(C)CC4)C[C@H]3/C=C\CCCCC[C@H](NC(=O)c3cnccn3)C(=O)N2C1. The van der Waals surface area contributed by atoms with Crippen molar-refractivity contribution < 1.29 is 36.7 Å². The van der Waals surface area contributed by atoms with Crippen molar-refractivity contribution in [3.63, 3.8) is 0 Å². The van der Waals surface area contributed by atoms with Gasteiger partial charge in [0.15, 0.2) is 0 Å². The molecule has 4 aliphatic rings. The molecule has 5 atom stereocenters. The summed E-state index contributed by atoms with van der Waals surface area (Å²) in [6.45, 7) is 3.15. The van der Waals surface area contributed by atoms with Crippen molar-refractivity contribution in [2.24, 2.45) is 5.92 Å². The predicted molar refractivity (Wildman–Crippen MR) is 188 cm³/mol. The molecule has 1 saturated heterocycles. The summed E-state index contributed by atoms with van der Waals surface area (Å²) < 4.78 is 47.7. The Labute approximate surface area is 305 Å². The van der Waals surface area contributed by atoms with E-state index in [4.69, 9.17) is 4.74 Å². The molecule has 4 heterocycles. The molecule has 0 spiro atoms. The van der Waals surface area contributed by atoms with Crippen LogP contribution in [0.1, 0.15) is 80.9 Å². The maximum Gasteiger partial charge on any atom is 0.272 e. The first-order chi connectivity index (χ1) is 25.3. The molecule has 1 aromatic carbocycles. The highest BCUT2D eigenvalue weighted by Gasteiger charge is 2.63. The lowest BCUT2D eigenvalue weighted by Crippen LogP contribution is -2.58. The Morgan fingerprint density at radius 2 is 1.91 bits per heavy atom. The summed E-state index contributed by atoms with van der Waals surface area (Å²) in [6, 6.07) is 1.79. The van der Waals surface area contributed by atoms with E-state index < -0.39 is 73.9 Å². The van der Waals surface area contributed by atoms with E-state index >= 15 is 0 Å². The fourth-order valence-corrected chi connectivity index (χ4v) is 8.28. The van der Waals surface area contributed by atoms with Gasteiger partial charge in [0.2, 0.25) is 27.7 Å². The van der Waals surface area contributed by atoms with Gasteiger partial charge >= 0.3 is 0 Å². The summed E-state index contributed by atoms with van der Waals surface area (Å²) in [5.41, 5.74) is -0.408. The summed E-state index contributed by atoms with van der Waals surface area (Å²) in [5.74, 6) is -3.53. The van der Waals surface area contributed by atoms with Gasteiger partial charge in [-0.2, -0.15) is 0 Å². The topological polar surface area (TPSA) is 203 Å². The van der Waals surface area contributed by atoms with Crippen LogP contribution in [-0.4, -0.2) is 91.9 Å². The van der Waals surface area contributed by atoms with E-state index in [1.165, 1.54) is 41.7 Å². The number of fused-ring (bicyclic) bond motifs is 3. The number of aryl methyl sites for hydroxylation is 1. The number of amides is 4. The minimum Gasteiger partial charge on any atom is -0.471 e. The number of carbonyl (C=O) groups excluding carboxylic acids is 4. The fourth-order valence-electron chi connectivity index (χ4n) is 6.96. The zero-order chi connectivity index (χ0) is 37.5. The second kappa shape index (κ2) is 14.1. The summed E-state index contributed by atoms with van der Waals surface area (Å²) in [4.78, 5) is 74.1. The van der Waals surface area contributed by atoms with Crippen molar-refractivity contribution in [1.82, 2.24) is 40.2 Å². The molecule has 280 valence electrons. The zero-order valence-electron chi connectivity index (χ0n) is 29.4. The van der Waals surface area contributed by atoms with Gasteiger partial charge in [0, 0.05) is 30.8 Å². The first-order valence-corrected chi connectivity index (χ1v) is 19.3. The van der Waals surface area contributed by atoms with E-state index in [0.717, 1.165) is 12.8 Å². The molecule has 3 aromatic rings. The van der Waals surface area contributed by atoms with Gasteiger partial charge in [-0.25, -0.2) is 27.8 Å². The van der Waals surface area contributed by atoms with Crippen LogP contribution >= 0.6 is 0 Å². The molecular formula is C36H41FN8O7S. The second-order valence-corrected chi connectivity index (χ2v) is 16.8.